The van der Waals surface area contributed by atoms with Crippen molar-refractivity contribution in [3.63, 3.8) is 0 Å². The molecule has 0 atom stereocenters. The van der Waals surface area contributed by atoms with Gasteiger partial charge in [0.15, 0.2) is 5.78 Å². The molecule has 0 spiro atoms. The number of hydrogen-bond acceptors (Lipinski definition) is 3. The minimum absolute atomic E-state index is 0.0589. The highest BCUT2D eigenvalue weighted by molar-refractivity contribution is 6.17. The van der Waals surface area contributed by atoms with E-state index >= 15 is 0 Å². The molecular formula is C20H21NO3. The van der Waals surface area contributed by atoms with Gasteiger partial charge in [-0.25, -0.2) is 4.79 Å². The SMILES string of the molecule is Nc1cccc(C(=O)O)c1C(=O)c1ccc(C2CCCCC2)cc1. The predicted octanol–water partition coefficient (Wildman–Crippen LogP) is 4.25. The molecular weight excluding hydrogens is 302 g/mol. The first-order valence-corrected chi connectivity index (χ1v) is 8.34. The van der Waals surface area contributed by atoms with Crippen LogP contribution in [0.15, 0.2) is 42.5 Å². The summed E-state index contributed by atoms with van der Waals surface area (Å²) in [6.07, 6.45) is 6.21. The molecule has 1 fully saturated rings. The maximum atomic E-state index is 12.7. The summed E-state index contributed by atoms with van der Waals surface area (Å²) in [4.78, 5) is 24.1. The van der Waals surface area contributed by atoms with Crippen molar-refractivity contribution in [3.8, 4) is 0 Å². The highest BCUT2D eigenvalue weighted by atomic mass is 16.4. The molecule has 3 N–H and O–H groups in total. The Hall–Kier alpha value is -2.62. The van der Waals surface area contributed by atoms with Crippen LogP contribution in [0, 0.1) is 0 Å². The molecule has 0 radical (unpaired) electrons. The number of nitrogen functional groups attached to an aromatic ring is 1. The van der Waals surface area contributed by atoms with Crippen molar-refractivity contribution in [1.82, 2.24) is 0 Å². The Balaban J connectivity index is 1.90. The van der Waals surface area contributed by atoms with Gasteiger partial charge in [0.05, 0.1) is 11.1 Å². The van der Waals surface area contributed by atoms with Crippen LogP contribution in [0.5, 0.6) is 0 Å². The summed E-state index contributed by atoms with van der Waals surface area (Å²) in [5.41, 5.74) is 7.78. The zero-order chi connectivity index (χ0) is 17.1. The molecule has 1 aliphatic rings. The summed E-state index contributed by atoms with van der Waals surface area (Å²) in [6, 6.07) is 12.0. The van der Waals surface area contributed by atoms with E-state index < -0.39 is 5.97 Å². The van der Waals surface area contributed by atoms with Crippen LogP contribution in [0.2, 0.25) is 0 Å². The average molecular weight is 323 g/mol. The lowest BCUT2D eigenvalue weighted by Gasteiger charge is -2.22. The highest BCUT2D eigenvalue weighted by Crippen LogP contribution is 2.33. The Morgan fingerprint density at radius 3 is 2.25 bits per heavy atom. The van der Waals surface area contributed by atoms with Gasteiger partial charge in [-0.05, 0) is 36.5 Å². The van der Waals surface area contributed by atoms with Crippen LogP contribution in [0.3, 0.4) is 0 Å². The van der Waals surface area contributed by atoms with Gasteiger partial charge in [-0.15, -0.1) is 0 Å². The Bertz CT molecular complexity index is 759. The number of ketones is 1. The third-order valence-corrected chi connectivity index (χ3v) is 4.80. The standard InChI is InChI=1S/C20H21NO3/c21-17-8-4-7-16(20(23)24)18(17)19(22)15-11-9-14(10-12-15)13-5-2-1-3-6-13/h4,7-13H,1-3,5-6,21H2,(H,23,24). The van der Waals surface area contributed by atoms with Crippen LogP contribution in [-0.2, 0) is 0 Å². The van der Waals surface area contributed by atoms with Crippen molar-refractivity contribution in [2.24, 2.45) is 0 Å². The molecule has 0 amide bonds. The number of rotatable bonds is 4. The Labute approximate surface area is 141 Å². The zero-order valence-corrected chi connectivity index (χ0v) is 13.5. The lowest BCUT2D eigenvalue weighted by molar-refractivity contribution is 0.0693. The fraction of sp³-hybridized carbons (Fsp3) is 0.300. The first-order chi connectivity index (χ1) is 11.6. The normalized spacial score (nSPS) is 15.2. The molecule has 24 heavy (non-hydrogen) atoms. The first-order valence-electron chi connectivity index (χ1n) is 8.34. The first kappa shape index (κ1) is 16.2. The van der Waals surface area contributed by atoms with Gasteiger partial charge in [0.1, 0.15) is 0 Å². The van der Waals surface area contributed by atoms with Gasteiger partial charge in [0.2, 0.25) is 0 Å². The van der Waals surface area contributed by atoms with Gasteiger partial charge in [-0.1, -0.05) is 49.6 Å². The molecule has 0 unspecified atom stereocenters. The van der Waals surface area contributed by atoms with Gasteiger partial charge in [0.25, 0.3) is 0 Å². The summed E-state index contributed by atoms with van der Waals surface area (Å²) in [7, 11) is 0. The van der Waals surface area contributed by atoms with Crippen molar-refractivity contribution in [1.29, 1.82) is 0 Å². The predicted molar refractivity (Wildman–Crippen MR) is 93.5 cm³/mol. The number of carbonyl (C=O) groups is 2. The topological polar surface area (TPSA) is 80.4 Å². The molecule has 0 saturated heterocycles. The van der Waals surface area contributed by atoms with E-state index in [2.05, 4.69) is 0 Å². The second-order valence-corrected chi connectivity index (χ2v) is 6.36. The molecule has 2 aromatic carbocycles. The van der Waals surface area contributed by atoms with Crippen molar-refractivity contribution in [2.75, 3.05) is 5.73 Å². The molecule has 124 valence electrons. The van der Waals surface area contributed by atoms with E-state index in [1.54, 1.807) is 24.3 Å². The number of carboxylic acids is 1. The molecule has 4 heteroatoms. The van der Waals surface area contributed by atoms with Crippen molar-refractivity contribution in [3.05, 3.63) is 64.7 Å². The van der Waals surface area contributed by atoms with Gasteiger partial charge >= 0.3 is 5.97 Å². The molecule has 4 nitrogen and oxygen atoms in total. The minimum Gasteiger partial charge on any atom is -0.478 e. The Morgan fingerprint density at radius 2 is 1.62 bits per heavy atom. The van der Waals surface area contributed by atoms with Gasteiger partial charge < -0.3 is 10.8 Å². The largest absolute Gasteiger partial charge is 0.478 e. The molecule has 0 aromatic heterocycles. The number of benzene rings is 2. The van der Waals surface area contributed by atoms with E-state index in [9.17, 15) is 14.7 Å². The lowest BCUT2D eigenvalue weighted by Crippen LogP contribution is -2.13. The van der Waals surface area contributed by atoms with Crippen LogP contribution in [0.4, 0.5) is 5.69 Å². The number of nitrogens with two attached hydrogens (primary N) is 1. The summed E-state index contributed by atoms with van der Waals surface area (Å²) < 4.78 is 0. The van der Waals surface area contributed by atoms with Gasteiger partial charge in [0, 0.05) is 11.3 Å². The highest BCUT2D eigenvalue weighted by Gasteiger charge is 2.21. The van der Waals surface area contributed by atoms with E-state index in [0.29, 0.717) is 11.5 Å². The summed E-state index contributed by atoms with van der Waals surface area (Å²) in [5.74, 6) is -0.926. The van der Waals surface area contributed by atoms with Crippen LogP contribution in [0.25, 0.3) is 0 Å². The van der Waals surface area contributed by atoms with Crippen LogP contribution < -0.4 is 5.73 Å². The molecule has 0 aliphatic heterocycles. The number of carboxylic acid groups (broad SMARTS) is 1. The quantitative estimate of drug-likeness (QED) is 0.651. The summed E-state index contributed by atoms with van der Waals surface area (Å²) in [6.45, 7) is 0. The van der Waals surface area contributed by atoms with Crippen molar-refractivity contribution in [2.45, 2.75) is 38.0 Å². The fourth-order valence-corrected chi connectivity index (χ4v) is 3.49. The van der Waals surface area contributed by atoms with Gasteiger partial charge in [-0.2, -0.15) is 0 Å². The average Bonchev–Trinajstić information content (AvgIpc) is 2.62. The summed E-state index contributed by atoms with van der Waals surface area (Å²) >= 11 is 0. The van der Waals surface area contributed by atoms with E-state index in [-0.39, 0.29) is 22.6 Å². The molecule has 0 bridgehead atoms. The monoisotopic (exact) mass is 323 g/mol. The van der Waals surface area contributed by atoms with Crippen molar-refractivity contribution >= 4 is 17.4 Å². The third-order valence-electron chi connectivity index (χ3n) is 4.80. The van der Waals surface area contributed by atoms with E-state index in [4.69, 9.17) is 5.73 Å². The number of carbonyl (C=O) groups excluding carboxylic acids is 1. The second-order valence-electron chi connectivity index (χ2n) is 6.36. The molecule has 3 rings (SSSR count). The number of anilines is 1. The maximum Gasteiger partial charge on any atom is 0.336 e. The molecule has 2 aromatic rings. The van der Waals surface area contributed by atoms with Crippen molar-refractivity contribution < 1.29 is 14.7 Å². The molecule has 1 aliphatic carbocycles. The molecule has 0 heterocycles. The Morgan fingerprint density at radius 1 is 0.958 bits per heavy atom. The summed E-state index contributed by atoms with van der Waals surface area (Å²) in [5, 5.41) is 9.29. The second kappa shape index (κ2) is 6.87. The smallest absolute Gasteiger partial charge is 0.336 e. The lowest BCUT2D eigenvalue weighted by atomic mass is 9.83. The number of aromatic carboxylic acids is 1. The fourth-order valence-electron chi connectivity index (χ4n) is 3.49. The van der Waals surface area contributed by atoms with E-state index in [1.165, 1.54) is 43.7 Å². The zero-order valence-electron chi connectivity index (χ0n) is 13.5. The van der Waals surface area contributed by atoms with Crippen LogP contribution in [-0.4, -0.2) is 16.9 Å². The third kappa shape index (κ3) is 3.18. The van der Waals surface area contributed by atoms with Crippen LogP contribution >= 0.6 is 0 Å². The van der Waals surface area contributed by atoms with E-state index in [1.807, 2.05) is 12.1 Å². The van der Waals surface area contributed by atoms with Crippen LogP contribution in [0.1, 0.15) is 69.9 Å². The van der Waals surface area contributed by atoms with Gasteiger partial charge in [-0.3, -0.25) is 4.79 Å². The molecule has 1 saturated carbocycles. The van der Waals surface area contributed by atoms with E-state index in [0.717, 1.165) is 0 Å². The minimum atomic E-state index is -1.15. The maximum absolute atomic E-state index is 12.7. The Kier molecular flexibility index (Phi) is 4.65. The number of hydrogen-bond donors (Lipinski definition) is 2.